The highest BCUT2D eigenvalue weighted by molar-refractivity contribution is 6.00. The van der Waals surface area contributed by atoms with Crippen molar-refractivity contribution >= 4 is 5.78 Å². The van der Waals surface area contributed by atoms with Crippen molar-refractivity contribution in [3.63, 3.8) is 0 Å². The third-order valence-electron chi connectivity index (χ3n) is 1.98. The van der Waals surface area contributed by atoms with Gasteiger partial charge in [0.1, 0.15) is 5.75 Å². The Hall–Kier alpha value is -2.00. The quantitative estimate of drug-likeness (QED) is 0.328. The highest BCUT2D eigenvalue weighted by atomic mass is 16.5. The van der Waals surface area contributed by atoms with Gasteiger partial charge >= 0.3 is 0 Å². The van der Waals surface area contributed by atoms with E-state index < -0.39 is 6.04 Å². The Kier molecular flexibility index (Phi) is 3.71. The van der Waals surface area contributed by atoms with Gasteiger partial charge in [-0.25, -0.2) is 0 Å². The summed E-state index contributed by atoms with van der Waals surface area (Å²) in [5.41, 5.74) is 8.71. The van der Waals surface area contributed by atoms with Crippen molar-refractivity contribution in [2.24, 2.45) is 5.11 Å². The number of methoxy groups -OCH3 is 1. The molecule has 0 aliphatic heterocycles. The average Bonchev–Trinajstić information content (AvgIpc) is 2.28. The van der Waals surface area contributed by atoms with Gasteiger partial charge in [0.2, 0.25) is 0 Å². The number of benzene rings is 1. The number of hydrogen-bond acceptors (Lipinski definition) is 3. The van der Waals surface area contributed by atoms with E-state index in [4.69, 9.17) is 10.3 Å². The molecular weight excluding hydrogens is 194 g/mol. The fourth-order valence-corrected chi connectivity index (χ4v) is 1.13. The maximum Gasteiger partial charge on any atom is 0.171 e. The van der Waals surface area contributed by atoms with Crippen molar-refractivity contribution in [2.75, 3.05) is 7.11 Å². The van der Waals surface area contributed by atoms with E-state index in [-0.39, 0.29) is 5.78 Å². The molecule has 1 unspecified atom stereocenters. The number of carbonyl (C=O) groups excluding carboxylic acids is 1. The van der Waals surface area contributed by atoms with Crippen molar-refractivity contribution in [1.82, 2.24) is 0 Å². The molecule has 78 valence electrons. The summed E-state index contributed by atoms with van der Waals surface area (Å²) in [6.07, 6.45) is 0. The van der Waals surface area contributed by atoms with Gasteiger partial charge in [-0.3, -0.25) is 4.79 Å². The Bertz CT molecular complexity index is 394. The average molecular weight is 205 g/mol. The van der Waals surface area contributed by atoms with E-state index in [1.165, 1.54) is 0 Å². The molecule has 0 N–H and O–H groups in total. The predicted molar refractivity (Wildman–Crippen MR) is 55.9 cm³/mol. The van der Waals surface area contributed by atoms with Crippen molar-refractivity contribution in [2.45, 2.75) is 13.0 Å². The van der Waals surface area contributed by atoms with E-state index >= 15 is 0 Å². The first-order chi connectivity index (χ1) is 7.19. The molecule has 0 bridgehead atoms. The first kappa shape index (κ1) is 11.1. The summed E-state index contributed by atoms with van der Waals surface area (Å²) in [5, 5.41) is 3.34. The van der Waals surface area contributed by atoms with Gasteiger partial charge in [0.25, 0.3) is 0 Å². The van der Waals surface area contributed by atoms with Crippen LogP contribution in [0.4, 0.5) is 0 Å². The van der Waals surface area contributed by atoms with Crippen LogP contribution in [0.1, 0.15) is 17.3 Å². The van der Waals surface area contributed by atoms with Crippen molar-refractivity contribution < 1.29 is 9.53 Å². The van der Waals surface area contributed by atoms with Crippen molar-refractivity contribution in [3.8, 4) is 5.75 Å². The smallest absolute Gasteiger partial charge is 0.171 e. The van der Waals surface area contributed by atoms with Gasteiger partial charge in [0, 0.05) is 10.5 Å². The maximum atomic E-state index is 11.6. The molecule has 1 aromatic rings. The zero-order valence-electron chi connectivity index (χ0n) is 8.54. The predicted octanol–water partition coefficient (Wildman–Crippen LogP) is 2.58. The molecule has 0 spiro atoms. The highest BCUT2D eigenvalue weighted by Crippen LogP contribution is 2.13. The lowest BCUT2D eigenvalue weighted by Gasteiger charge is -2.04. The van der Waals surface area contributed by atoms with Gasteiger partial charge in [0.05, 0.1) is 13.2 Å². The topological polar surface area (TPSA) is 75.1 Å². The number of azide groups is 1. The van der Waals surface area contributed by atoms with Gasteiger partial charge in [-0.05, 0) is 36.7 Å². The molecule has 1 aromatic carbocycles. The monoisotopic (exact) mass is 205 g/mol. The standard InChI is InChI=1S/C10H11N3O2/c1-7(12-13-11)10(14)8-3-5-9(15-2)6-4-8/h3-7H,1-2H3. The first-order valence-corrected chi connectivity index (χ1v) is 4.41. The summed E-state index contributed by atoms with van der Waals surface area (Å²) in [4.78, 5) is 14.2. The molecule has 1 atom stereocenters. The molecule has 0 aliphatic rings. The minimum Gasteiger partial charge on any atom is -0.497 e. The summed E-state index contributed by atoms with van der Waals surface area (Å²) in [6, 6.07) is 5.99. The molecule has 0 fully saturated rings. The van der Waals surface area contributed by atoms with Gasteiger partial charge in [-0.1, -0.05) is 5.11 Å². The van der Waals surface area contributed by atoms with Gasteiger partial charge in [0.15, 0.2) is 5.78 Å². The van der Waals surface area contributed by atoms with E-state index in [1.807, 2.05) is 0 Å². The number of carbonyl (C=O) groups is 1. The van der Waals surface area contributed by atoms with Crippen LogP contribution in [0, 0.1) is 0 Å². The third kappa shape index (κ3) is 2.72. The maximum absolute atomic E-state index is 11.6. The minimum absolute atomic E-state index is 0.199. The zero-order chi connectivity index (χ0) is 11.3. The Labute approximate surface area is 87.3 Å². The Balaban J connectivity index is 2.87. The number of rotatable bonds is 4. The molecule has 5 heteroatoms. The second kappa shape index (κ2) is 5.02. The lowest BCUT2D eigenvalue weighted by molar-refractivity contribution is 0.0968. The summed E-state index contributed by atoms with van der Waals surface area (Å²) in [5.74, 6) is 0.485. The summed E-state index contributed by atoms with van der Waals surface area (Å²) in [6.45, 7) is 1.56. The van der Waals surface area contributed by atoms with Crippen LogP contribution in [0.25, 0.3) is 10.4 Å². The zero-order valence-corrected chi connectivity index (χ0v) is 8.54. The SMILES string of the molecule is COc1ccc(C(=O)C(C)N=[N+]=[N-])cc1. The number of Topliss-reactive ketones (excluding diaryl/α,β-unsaturated/α-hetero) is 1. The Morgan fingerprint density at radius 3 is 2.53 bits per heavy atom. The second-order valence-corrected chi connectivity index (χ2v) is 2.97. The molecule has 1 rings (SSSR count). The third-order valence-corrected chi connectivity index (χ3v) is 1.98. The fourth-order valence-electron chi connectivity index (χ4n) is 1.13. The normalized spacial score (nSPS) is 11.3. The van der Waals surface area contributed by atoms with E-state index in [0.717, 1.165) is 0 Å². The van der Waals surface area contributed by atoms with Gasteiger partial charge < -0.3 is 4.74 Å². The van der Waals surface area contributed by atoms with Crippen LogP contribution < -0.4 is 4.74 Å². The second-order valence-electron chi connectivity index (χ2n) is 2.97. The van der Waals surface area contributed by atoms with Crippen LogP contribution in [-0.2, 0) is 0 Å². The Morgan fingerprint density at radius 2 is 2.07 bits per heavy atom. The number of ether oxygens (including phenoxy) is 1. The molecule has 0 aromatic heterocycles. The van der Waals surface area contributed by atoms with E-state index in [0.29, 0.717) is 11.3 Å². The molecule has 0 heterocycles. The summed E-state index contributed by atoms with van der Waals surface area (Å²) in [7, 11) is 1.55. The van der Waals surface area contributed by atoms with Crippen molar-refractivity contribution in [3.05, 3.63) is 40.3 Å². The highest BCUT2D eigenvalue weighted by Gasteiger charge is 2.12. The van der Waals surface area contributed by atoms with Crippen LogP contribution >= 0.6 is 0 Å². The Morgan fingerprint density at radius 1 is 1.47 bits per heavy atom. The molecule has 0 amide bonds. The van der Waals surface area contributed by atoms with Crippen LogP contribution in [0.2, 0.25) is 0 Å². The van der Waals surface area contributed by atoms with Crippen LogP contribution in [0.15, 0.2) is 29.4 Å². The van der Waals surface area contributed by atoms with Gasteiger partial charge in [-0.2, -0.15) is 0 Å². The van der Waals surface area contributed by atoms with Crippen LogP contribution in [-0.4, -0.2) is 18.9 Å². The van der Waals surface area contributed by atoms with E-state index in [1.54, 1.807) is 38.3 Å². The number of hydrogen-bond donors (Lipinski definition) is 0. The van der Waals surface area contributed by atoms with Crippen LogP contribution in [0.3, 0.4) is 0 Å². The molecule has 0 saturated heterocycles. The lowest BCUT2D eigenvalue weighted by atomic mass is 10.1. The minimum atomic E-state index is -0.677. The van der Waals surface area contributed by atoms with Crippen molar-refractivity contribution in [1.29, 1.82) is 0 Å². The first-order valence-electron chi connectivity index (χ1n) is 4.41. The molecule has 5 nitrogen and oxygen atoms in total. The number of ketones is 1. The van der Waals surface area contributed by atoms with E-state index in [2.05, 4.69) is 10.0 Å². The largest absolute Gasteiger partial charge is 0.497 e. The molecule has 0 aliphatic carbocycles. The lowest BCUT2D eigenvalue weighted by Crippen LogP contribution is -2.13. The van der Waals surface area contributed by atoms with Crippen LogP contribution in [0.5, 0.6) is 5.75 Å². The van der Waals surface area contributed by atoms with E-state index in [9.17, 15) is 4.79 Å². The van der Waals surface area contributed by atoms with Gasteiger partial charge in [-0.15, -0.1) is 0 Å². The fraction of sp³-hybridized carbons (Fsp3) is 0.300. The molecule has 0 saturated carbocycles. The molecule has 15 heavy (non-hydrogen) atoms. The summed E-state index contributed by atoms with van der Waals surface area (Å²) >= 11 is 0. The summed E-state index contributed by atoms with van der Waals surface area (Å²) < 4.78 is 4.96. The molecular formula is C10H11N3O2. The number of nitrogens with zero attached hydrogens (tertiary/aromatic N) is 3. The molecule has 0 radical (unpaired) electrons.